The maximum atomic E-state index is 13.1. The lowest BCUT2D eigenvalue weighted by molar-refractivity contribution is -0.113. The molecule has 0 saturated carbocycles. The van der Waals surface area contributed by atoms with Gasteiger partial charge in [0.2, 0.25) is 0 Å². The van der Waals surface area contributed by atoms with Crippen LogP contribution in [-0.4, -0.2) is 18.1 Å². The number of amides is 1. The van der Waals surface area contributed by atoms with E-state index in [1.54, 1.807) is 37.3 Å². The van der Waals surface area contributed by atoms with Crippen LogP contribution in [-0.2, 0) is 4.79 Å². The summed E-state index contributed by atoms with van der Waals surface area (Å²) in [5, 5.41) is 10.5. The minimum absolute atomic E-state index is 0.305. The van der Waals surface area contributed by atoms with Gasteiger partial charge < -0.3 is 20.7 Å². The molecule has 27 heavy (non-hydrogen) atoms. The molecule has 0 radical (unpaired) electrons. The number of anilines is 1. The normalized spacial score (nSPS) is 16.4. The van der Waals surface area contributed by atoms with Gasteiger partial charge in [0.05, 0.1) is 24.4 Å². The second-order valence-corrected chi connectivity index (χ2v) is 7.21. The van der Waals surface area contributed by atoms with Crippen molar-refractivity contribution in [3.8, 4) is 5.75 Å². The number of ether oxygens (including phenoxy) is 1. The predicted octanol–water partition coefficient (Wildman–Crippen LogP) is 4.43. The van der Waals surface area contributed by atoms with Crippen molar-refractivity contribution in [2.75, 3.05) is 12.4 Å². The number of carbonyl (C=O) groups excluding carboxylic acids is 1. The van der Waals surface area contributed by atoms with E-state index in [1.807, 2.05) is 12.1 Å². The van der Waals surface area contributed by atoms with E-state index in [0.717, 1.165) is 5.56 Å². The third-order valence-corrected chi connectivity index (χ3v) is 4.80. The highest BCUT2D eigenvalue weighted by atomic mass is 35.5. The second-order valence-electron chi connectivity index (χ2n) is 5.92. The summed E-state index contributed by atoms with van der Waals surface area (Å²) in [4.78, 5) is 13.1. The smallest absolute Gasteiger partial charge is 0.255 e. The first-order chi connectivity index (χ1) is 12.9. The summed E-state index contributed by atoms with van der Waals surface area (Å²) in [5.74, 6) is 0.207. The van der Waals surface area contributed by atoms with Gasteiger partial charge in [0.15, 0.2) is 5.11 Å². The Morgan fingerprint density at radius 1 is 1.19 bits per heavy atom. The number of hydrogen-bond donors (Lipinski definition) is 3. The van der Waals surface area contributed by atoms with Crippen molar-refractivity contribution in [1.29, 1.82) is 0 Å². The van der Waals surface area contributed by atoms with Crippen LogP contribution in [0.2, 0.25) is 10.0 Å². The molecule has 0 aliphatic carbocycles. The van der Waals surface area contributed by atoms with Crippen LogP contribution in [0, 0.1) is 0 Å². The molecule has 2 aromatic rings. The number of halogens is 2. The zero-order valence-corrected chi connectivity index (χ0v) is 16.9. The molecule has 0 saturated heterocycles. The molecule has 140 valence electrons. The Kier molecular flexibility index (Phi) is 5.89. The van der Waals surface area contributed by atoms with Crippen molar-refractivity contribution >= 4 is 52.1 Å². The minimum atomic E-state index is -0.442. The summed E-state index contributed by atoms with van der Waals surface area (Å²) in [6.45, 7) is 1.80. The van der Waals surface area contributed by atoms with Crippen LogP contribution in [0.4, 0.5) is 5.69 Å². The summed E-state index contributed by atoms with van der Waals surface area (Å²) in [6, 6.07) is 11.9. The molecular weight excluding hydrogens is 405 g/mol. The van der Waals surface area contributed by atoms with Gasteiger partial charge in [0.25, 0.3) is 5.91 Å². The second kappa shape index (κ2) is 8.17. The van der Waals surface area contributed by atoms with E-state index < -0.39 is 6.04 Å². The third kappa shape index (κ3) is 4.35. The minimum Gasteiger partial charge on any atom is -0.495 e. The van der Waals surface area contributed by atoms with Crippen molar-refractivity contribution in [3.63, 3.8) is 0 Å². The molecule has 1 amide bonds. The fourth-order valence-corrected chi connectivity index (χ4v) is 3.54. The SMILES string of the molecule is COc1ccc(Cl)cc1NC(=O)C1=C(C)NC(=S)NC1c1cccc(Cl)c1. The van der Waals surface area contributed by atoms with Gasteiger partial charge in [0, 0.05) is 15.7 Å². The molecule has 1 atom stereocenters. The number of benzene rings is 2. The van der Waals surface area contributed by atoms with Gasteiger partial charge in [-0.1, -0.05) is 35.3 Å². The molecule has 2 aromatic carbocycles. The first kappa shape index (κ1) is 19.5. The number of methoxy groups -OCH3 is 1. The van der Waals surface area contributed by atoms with E-state index in [4.69, 9.17) is 40.2 Å². The van der Waals surface area contributed by atoms with Crippen molar-refractivity contribution in [3.05, 3.63) is 69.3 Å². The third-order valence-electron chi connectivity index (χ3n) is 4.11. The molecule has 0 fully saturated rings. The van der Waals surface area contributed by atoms with Crippen LogP contribution >= 0.6 is 35.4 Å². The van der Waals surface area contributed by atoms with Gasteiger partial charge in [-0.25, -0.2) is 0 Å². The molecule has 5 nitrogen and oxygen atoms in total. The molecule has 1 aliphatic heterocycles. The number of nitrogens with one attached hydrogen (secondary N) is 3. The summed E-state index contributed by atoms with van der Waals surface area (Å²) in [5.41, 5.74) is 2.46. The van der Waals surface area contributed by atoms with Crippen LogP contribution in [0.15, 0.2) is 53.7 Å². The number of thiocarbonyl (C=S) groups is 1. The van der Waals surface area contributed by atoms with E-state index in [2.05, 4.69) is 16.0 Å². The fraction of sp³-hybridized carbons (Fsp3) is 0.158. The number of carbonyl (C=O) groups is 1. The summed E-state index contributed by atoms with van der Waals surface area (Å²) in [7, 11) is 1.53. The van der Waals surface area contributed by atoms with E-state index in [1.165, 1.54) is 7.11 Å². The molecular formula is C19H17Cl2N3O2S. The summed E-state index contributed by atoms with van der Waals surface area (Å²) in [6.07, 6.45) is 0. The molecule has 0 bridgehead atoms. The molecule has 1 unspecified atom stereocenters. The van der Waals surface area contributed by atoms with Gasteiger partial charge in [-0.2, -0.15) is 0 Å². The van der Waals surface area contributed by atoms with Gasteiger partial charge in [-0.05, 0) is 55.0 Å². The lowest BCUT2D eigenvalue weighted by Gasteiger charge is -2.30. The van der Waals surface area contributed by atoms with E-state index in [0.29, 0.717) is 37.9 Å². The lowest BCUT2D eigenvalue weighted by Crippen LogP contribution is -2.45. The molecule has 3 N–H and O–H groups in total. The molecule has 1 aliphatic rings. The highest BCUT2D eigenvalue weighted by Gasteiger charge is 2.30. The predicted molar refractivity (Wildman–Crippen MR) is 112 cm³/mol. The molecule has 3 rings (SSSR count). The van der Waals surface area contributed by atoms with Crippen molar-refractivity contribution in [2.45, 2.75) is 13.0 Å². The van der Waals surface area contributed by atoms with E-state index >= 15 is 0 Å². The average Bonchev–Trinajstić information content (AvgIpc) is 2.61. The van der Waals surface area contributed by atoms with Gasteiger partial charge in [-0.3, -0.25) is 4.79 Å². The Hall–Kier alpha value is -2.28. The standard InChI is InChI=1S/C19H17Cl2N3O2S/c1-10-16(18(25)23-14-9-13(21)6-7-15(14)26-2)17(24-19(27)22-10)11-4-3-5-12(20)8-11/h3-9,17H,1-2H3,(H,23,25)(H2,22,24,27). The van der Waals surface area contributed by atoms with Gasteiger partial charge in [-0.15, -0.1) is 0 Å². The zero-order chi connectivity index (χ0) is 19.6. The Morgan fingerprint density at radius 3 is 2.63 bits per heavy atom. The molecule has 0 aromatic heterocycles. The highest BCUT2D eigenvalue weighted by molar-refractivity contribution is 7.80. The molecule has 8 heteroatoms. The highest BCUT2D eigenvalue weighted by Crippen LogP contribution is 2.32. The topological polar surface area (TPSA) is 62.4 Å². The Morgan fingerprint density at radius 2 is 1.93 bits per heavy atom. The van der Waals surface area contributed by atoms with Crippen LogP contribution < -0.4 is 20.7 Å². The zero-order valence-electron chi connectivity index (χ0n) is 14.6. The average molecular weight is 422 g/mol. The summed E-state index contributed by atoms with van der Waals surface area (Å²) >= 11 is 17.4. The monoisotopic (exact) mass is 421 g/mol. The van der Waals surface area contributed by atoms with Crippen molar-refractivity contribution < 1.29 is 9.53 Å². The first-order valence-electron chi connectivity index (χ1n) is 8.07. The van der Waals surface area contributed by atoms with Gasteiger partial charge >= 0.3 is 0 Å². The van der Waals surface area contributed by atoms with Crippen LogP contribution in [0.5, 0.6) is 5.75 Å². The van der Waals surface area contributed by atoms with E-state index in [-0.39, 0.29) is 5.91 Å². The molecule has 0 spiro atoms. The van der Waals surface area contributed by atoms with Gasteiger partial charge in [0.1, 0.15) is 5.75 Å². The Labute approximate surface area is 172 Å². The van der Waals surface area contributed by atoms with Crippen LogP contribution in [0.25, 0.3) is 0 Å². The summed E-state index contributed by atoms with van der Waals surface area (Å²) < 4.78 is 5.30. The van der Waals surface area contributed by atoms with E-state index in [9.17, 15) is 4.79 Å². The van der Waals surface area contributed by atoms with Crippen LogP contribution in [0.3, 0.4) is 0 Å². The number of allylic oxidation sites excluding steroid dienone is 1. The molecule has 1 heterocycles. The number of hydrogen-bond acceptors (Lipinski definition) is 3. The fourth-order valence-electron chi connectivity index (χ4n) is 2.90. The maximum absolute atomic E-state index is 13.1. The van der Waals surface area contributed by atoms with Crippen LogP contribution in [0.1, 0.15) is 18.5 Å². The quantitative estimate of drug-likeness (QED) is 0.637. The maximum Gasteiger partial charge on any atom is 0.255 e. The van der Waals surface area contributed by atoms with Crippen molar-refractivity contribution in [2.24, 2.45) is 0 Å². The number of rotatable bonds is 4. The van der Waals surface area contributed by atoms with Crippen molar-refractivity contribution in [1.82, 2.24) is 10.6 Å². The lowest BCUT2D eigenvalue weighted by atomic mass is 9.95. The Bertz CT molecular complexity index is 946. The first-order valence-corrected chi connectivity index (χ1v) is 9.24. The Balaban J connectivity index is 1.98. The largest absolute Gasteiger partial charge is 0.495 e.